The first-order chi connectivity index (χ1) is 11.1. The monoisotopic (exact) mass is 316 g/mol. The zero-order valence-electron chi connectivity index (χ0n) is 13.6. The van der Waals surface area contributed by atoms with Gasteiger partial charge in [-0.3, -0.25) is 9.59 Å². The van der Waals surface area contributed by atoms with E-state index in [0.717, 1.165) is 24.1 Å². The van der Waals surface area contributed by atoms with E-state index in [9.17, 15) is 9.59 Å². The molecule has 3 heterocycles. The van der Waals surface area contributed by atoms with Crippen molar-refractivity contribution in [1.82, 2.24) is 20.0 Å². The summed E-state index contributed by atoms with van der Waals surface area (Å²) in [5, 5.41) is 7.88. The lowest BCUT2D eigenvalue weighted by atomic mass is 9.85. The van der Waals surface area contributed by atoms with E-state index in [-0.39, 0.29) is 17.5 Å². The molecule has 1 aromatic heterocycles. The number of fused-ring (bicyclic) bond motifs is 2. The van der Waals surface area contributed by atoms with Crippen LogP contribution in [0, 0.1) is 5.92 Å². The van der Waals surface area contributed by atoms with Gasteiger partial charge >= 0.3 is 0 Å². The number of nitrogens with zero attached hydrogens (tertiary/aromatic N) is 3. The molecule has 124 valence electrons. The van der Waals surface area contributed by atoms with Crippen molar-refractivity contribution in [2.24, 2.45) is 13.0 Å². The lowest BCUT2D eigenvalue weighted by molar-refractivity contribution is -0.134. The van der Waals surface area contributed by atoms with Crippen molar-refractivity contribution in [2.75, 3.05) is 6.54 Å². The Morgan fingerprint density at radius 1 is 1.35 bits per heavy atom. The summed E-state index contributed by atoms with van der Waals surface area (Å²) in [5.41, 5.74) is 1.75. The lowest BCUT2D eigenvalue weighted by Gasteiger charge is -2.30. The van der Waals surface area contributed by atoms with E-state index in [1.165, 1.54) is 30.4 Å². The minimum Gasteiger partial charge on any atom is -0.337 e. The third-order valence-electron chi connectivity index (χ3n) is 5.71. The molecule has 4 rings (SSSR count). The predicted molar refractivity (Wildman–Crippen MR) is 85.9 cm³/mol. The summed E-state index contributed by atoms with van der Waals surface area (Å²) >= 11 is 0. The van der Waals surface area contributed by atoms with Gasteiger partial charge in [-0.1, -0.05) is 12.8 Å². The van der Waals surface area contributed by atoms with Crippen molar-refractivity contribution in [1.29, 1.82) is 0 Å². The quantitative estimate of drug-likeness (QED) is 0.823. The third-order valence-corrected chi connectivity index (χ3v) is 5.71. The van der Waals surface area contributed by atoms with Crippen LogP contribution in [-0.4, -0.2) is 39.2 Å². The van der Waals surface area contributed by atoms with Crippen LogP contribution in [0.5, 0.6) is 0 Å². The van der Waals surface area contributed by atoms with Crippen LogP contribution in [0.15, 0.2) is 10.9 Å². The molecule has 1 saturated heterocycles. The molecule has 1 aromatic rings. The topological polar surface area (TPSA) is 67.2 Å². The maximum Gasteiger partial charge on any atom is 0.266 e. The minimum absolute atomic E-state index is 0.0378. The molecule has 0 bridgehead atoms. The summed E-state index contributed by atoms with van der Waals surface area (Å²) < 4.78 is 1.37. The van der Waals surface area contributed by atoms with Gasteiger partial charge in [-0.2, -0.15) is 5.10 Å². The normalized spacial score (nSPS) is 30.0. The van der Waals surface area contributed by atoms with Crippen LogP contribution in [0.1, 0.15) is 43.4 Å². The molecule has 23 heavy (non-hydrogen) atoms. The second kappa shape index (κ2) is 5.74. The average molecular weight is 316 g/mol. The number of aromatic nitrogens is 2. The number of amides is 1. The SMILES string of the molecule is Cn1nc2c(cc1=O)CN(C(=O)[C@@H]1C[C@@H]3CCCC[C@H]3N1)CC2. The van der Waals surface area contributed by atoms with Crippen LogP contribution >= 0.6 is 0 Å². The molecule has 2 fully saturated rings. The van der Waals surface area contributed by atoms with Crippen LogP contribution in [0.2, 0.25) is 0 Å². The van der Waals surface area contributed by atoms with Crippen LogP contribution < -0.4 is 10.9 Å². The Labute approximate surface area is 135 Å². The summed E-state index contributed by atoms with van der Waals surface area (Å²) in [7, 11) is 1.67. The molecule has 1 aliphatic carbocycles. The molecule has 3 aliphatic rings. The fourth-order valence-electron chi connectivity index (χ4n) is 4.41. The van der Waals surface area contributed by atoms with Crippen molar-refractivity contribution in [2.45, 2.75) is 57.2 Å². The second-order valence-electron chi connectivity index (χ2n) is 7.19. The zero-order valence-corrected chi connectivity index (χ0v) is 13.6. The van der Waals surface area contributed by atoms with E-state index in [2.05, 4.69) is 10.4 Å². The van der Waals surface area contributed by atoms with Gasteiger partial charge in [0.2, 0.25) is 5.91 Å². The van der Waals surface area contributed by atoms with E-state index in [1.807, 2.05) is 4.90 Å². The largest absolute Gasteiger partial charge is 0.337 e. The molecule has 0 unspecified atom stereocenters. The van der Waals surface area contributed by atoms with E-state index in [0.29, 0.717) is 25.0 Å². The van der Waals surface area contributed by atoms with Gasteiger partial charge in [-0.15, -0.1) is 0 Å². The maximum atomic E-state index is 12.9. The van der Waals surface area contributed by atoms with Crippen LogP contribution in [0.4, 0.5) is 0 Å². The number of rotatable bonds is 1. The van der Waals surface area contributed by atoms with E-state index in [4.69, 9.17) is 0 Å². The van der Waals surface area contributed by atoms with Gasteiger partial charge in [0.25, 0.3) is 5.56 Å². The third kappa shape index (κ3) is 2.69. The number of hydrogen-bond donors (Lipinski definition) is 1. The Kier molecular flexibility index (Phi) is 3.71. The van der Waals surface area contributed by atoms with E-state index in [1.54, 1.807) is 13.1 Å². The summed E-state index contributed by atoms with van der Waals surface area (Å²) in [4.78, 5) is 26.5. The Balaban J connectivity index is 1.48. The number of carbonyl (C=O) groups is 1. The van der Waals surface area contributed by atoms with Crippen molar-refractivity contribution in [3.63, 3.8) is 0 Å². The fraction of sp³-hybridized carbons (Fsp3) is 0.706. The van der Waals surface area contributed by atoms with Gasteiger partial charge in [0.1, 0.15) is 0 Å². The van der Waals surface area contributed by atoms with E-state index >= 15 is 0 Å². The molecule has 3 atom stereocenters. The van der Waals surface area contributed by atoms with E-state index < -0.39 is 0 Å². The molecular formula is C17H24N4O2. The minimum atomic E-state index is -0.108. The van der Waals surface area contributed by atoms with Gasteiger partial charge in [0.15, 0.2) is 0 Å². The smallest absolute Gasteiger partial charge is 0.266 e. The lowest BCUT2D eigenvalue weighted by Crippen LogP contribution is -2.47. The molecule has 1 amide bonds. The summed E-state index contributed by atoms with van der Waals surface area (Å²) in [6.45, 7) is 1.22. The molecule has 1 N–H and O–H groups in total. The highest BCUT2D eigenvalue weighted by Crippen LogP contribution is 2.34. The molecule has 0 aromatic carbocycles. The molecule has 0 spiro atoms. The number of nitrogens with one attached hydrogen (secondary N) is 1. The Bertz CT molecular complexity index is 670. The molecule has 1 saturated carbocycles. The Morgan fingerprint density at radius 3 is 3.00 bits per heavy atom. The van der Waals surface area contributed by atoms with Gasteiger partial charge in [0.05, 0.1) is 11.7 Å². The Hall–Kier alpha value is -1.69. The molecule has 0 radical (unpaired) electrons. The molecule has 6 nitrogen and oxygen atoms in total. The first-order valence-electron chi connectivity index (χ1n) is 8.73. The number of aryl methyl sites for hydroxylation is 1. The highest BCUT2D eigenvalue weighted by molar-refractivity contribution is 5.82. The fourth-order valence-corrected chi connectivity index (χ4v) is 4.41. The highest BCUT2D eigenvalue weighted by atomic mass is 16.2. The van der Waals surface area contributed by atoms with Gasteiger partial charge in [-0.25, -0.2) is 4.68 Å². The Morgan fingerprint density at radius 2 is 2.17 bits per heavy atom. The average Bonchev–Trinajstić information content (AvgIpc) is 2.99. The summed E-state index contributed by atoms with van der Waals surface area (Å²) in [5.74, 6) is 0.870. The molecular weight excluding hydrogens is 292 g/mol. The van der Waals surface area contributed by atoms with Crippen molar-refractivity contribution >= 4 is 5.91 Å². The van der Waals surface area contributed by atoms with Crippen molar-refractivity contribution in [3.05, 3.63) is 27.7 Å². The van der Waals surface area contributed by atoms with Crippen molar-refractivity contribution < 1.29 is 4.79 Å². The van der Waals surface area contributed by atoms with Gasteiger partial charge < -0.3 is 10.2 Å². The predicted octanol–water partition coefficient (Wildman–Crippen LogP) is 0.586. The second-order valence-corrected chi connectivity index (χ2v) is 7.19. The first kappa shape index (κ1) is 14.9. The number of carbonyl (C=O) groups excluding carboxylic acids is 1. The van der Waals surface area contributed by atoms with Crippen LogP contribution in [-0.2, 0) is 24.8 Å². The van der Waals surface area contributed by atoms with Gasteiger partial charge in [0, 0.05) is 44.2 Å². The van der Waals surface area contributed by atoms with Crippen LogP contribution in [0.25, 0.3) is 0 Å². The van der Waals surface area contributed by atoms with Crippen molar-refractivity contribution in [3.8, 4) is 0 Å². The number of hydrogen-bond acceptors (Lipinski definition) is 4. The molecule has 2 aliphatic heterocycles. The summed E-state index contributed by atoms with van der Waals surface area (Å²) in [6, 6.07) is 2.12. The van der Waals surface area contributed by atoms with Crippen LogP contribution in [0.3, 0.4) is 0 Å². The highest BCUT2D eigenvalue weighted by Gasteiger charge is 2.40. The van der Waals surface area contributed by atoms with Gasteiger partial charge in [-0.05, 0) is 25.2 Å². The molecule has 6 heteroatoms. The zero-order chi connectivity index (χ0) is 16.0. The standard InChI is InChI=1S/C17H24N4O2/c1-20-16(22)9-12-10-21(7-6-14(12)19-20)17(23)15-8-11-4-2-3-5-13(11)18-15/h9,11,13,15,18H,2-8,10H2,1H3/t11-,13+,15-/m0/s1. The summed E-state index contributed by atoms with van der Waals surface area (Å²) in [6.07, 6.45) is 6.74. The first-order valence-corrected chi connectivity index (χ1v) is 8.73. The maximum absolute atomic E-state index is 12.9.